The molecule has 0 radical (unpaired) electrons. The number of ether oxygens (including phenoxy) is 1. The van der Waals surface area contributed by atoms with E-state index < -0.39 is 25.8 Å². The number of pyridine rings is 1. The van der Waals surface area contributed by atoms with Gasteiger partial charge in [0.25, 0.3) is 0 Å². The third-order valence-electron chi connectivity index (χ3n) is 5.27. The van der Waals surface area contributed by atoms with Crippen LogP contribution in [0.1, 0.15) is 59.6 Å². The zero-order chi connectivity index (χ0) is 20.6. The van der Waals surface area contributed by atoms with E-state index in [1.165, 1.54) is 12.3 Å². The summed E-state index contributed by atoms with van der Waals surface area (Å²) in [7, 11) is -1.99. The second-order valence-electron chi connectivity index (χ2n) is 9.82. The summed E-state index contributed by atoms with van der Waals surface area (Å²) >= 11 is 0. The highest BCUT2D eigenvalue weighted by Crippen LogP contribution is 2.41. The van der Waals surface area contributed by atoms with Crippen molar-refractivity contribution in [3.8, 4) is 0 Å². The molecular formula is C20H33FN2O3Si. The Labute approximate surface area is 163 Å². The molecule has 0 bridgehead atoms. The van der Waals surface area contributed by atoms with Gasteiger partial charge in [0, 0.05) is 12.7 Å². The highest BCUT2D eigenvalue weighted by Gasteiger charge is 2.45. The van der Waals surface area contributed by atoms with E-state index in [-0.39, 0.29) is 17.2 Å². The number of halogens is 1. The van der Waals surface area contributed by atoms with Gasteiger partial charge in [-0.15, -0.1) is 0 Å². The second kappa shape index (κ2) is 7.51. The van der Waals surface area contributed by atoms with Crippen LogP contribution < -0.4 is 0 Å². The molecule has 1 unspecified atom stereocenters. The predicted octanol–water partition coefficient (Wildman–Crippen LogP) is 5.29. The molecule has 0 saturated carbocycles. The van der Waals surface area contributed by atoms with Crippen LogP contribution in [0.25, 0.3) is 0 Å². The first kappa shape index (κ1) is 21.8. The number of rotatable bonds is 3. The molecule has 1 aliphatic rings. The Hall–Kier alpha value is -1.47. The standard InChI is InChI=1S/C20H33FN2O3Si/c1-19(2,3)25-18(24)23-13-16(26-27(7,8)20(4,5)6)10-17(23)14-9-15(21)12-22-11-14/h9,11-12,16-17H,10,13H2,1-8H3/t16?,17-/m0/s1. The van der Waals surface area contributed by atoms with Crippen molar-refractivity contribution in [3.63, 3.8) is 0 Å². The molecule has 27 heavy (non-hydrogen) atoms. The molecule has 0 aliphatic carbocycles. The summed E-state index contributed by atoms with van der Waals surface area (Å²) in [6.07, 6.45) is 2.88. The minimum Gasteiger partial charge on any atom is -0.444 e. The highest BCUT2D eigenvalue weighted by atomic mass is 28.4. The molecule has 1 saturated heterocycles. The fraction of sp³-hybridized carbons (Fsp3) is 0.700. The summed E-state index contributed by atoms with van der Waals surface area (Å²) in [6.45, 7) is 16.9. The SMILES string of the molecule is CC(C)(C)OC(=O)N1CC(O[Si](C)(C)C(C)(C)C)C[C@H]1c1cncc(F)c1. The Kier molecular flexibility index (Phi) is 6.07. The molecule has 0 N–H and O–H groups in total. The van der Waals surface area contributed by atoms with Gasteiger partial charge < -0.3 is 9.16 Å². The molecule has 152 valence electrons. The normalized spacial score (nSPS) is 21.4. The number of nitrogens with zero attached hydrogens (tertiary/aromatic N) is 2. The average Bonchev–Trinajstić information content (AvgIpc) is 2.87. The van der Waals surface area contributed by atoms with Crippen LogP contribution in [0.2, 0.25) is 18.1 Å². The smallest absolute Gasteiger partial charge is 0.410 e. The van der Waals surface area contributed by atoms with Gasteiger partial charge in [0.1, 0.15) is 11.4 Å². The van der Waals surface area contributed by atoms with Crippen molar-refractivity contribution in [1.82, 2.24) is 9.88 Å². The van der Waals surface area contributed by atoms with E-state index in [0.717, 1.165) is 0 Å². The number of hydrogen-bond donors (Lipinski definition) is 0. The lowest BCUT2D eigenvalue weighted by Crippen LogP contribution is -2.45. The quantitative estimate of drug-likeness (QED) is 0.651. The average molecular weight is 397 g/mol. The van der Waals surface area contributed by atoms with E-state index >= 15 is 0 Å². The maximum absolute atomic E-state index is 13.7. The molecule has 2 atom stereocenters. The molecule has 5 nitrogen and oxygen atoms in total. The Bertz CT molecular complexity index is 683. The number of carbonyl (C=O) groups is 1. The van der Waals surface area contributed by atoms with Crippen molar-refractivity contribution in [1.29, 1.82) is 0 Å². The molecule has 1 aromatic rings. The van der Waals surface area contributed by atoms with Gasteiger partial charge in [-0.3, -0.25) is 9.88 Å². The Morgan fingerprint density at radius 1 is 1.22 bits per heavy atom. The lowest BCUT2D eigenvalue weighted by atomic mass is 10.1. The molecular weight excluding hydrogens is 363 g/mol. The fourth-order valence-corrected chi connectivity index (χ4v) is 4.28. The van der Waals surface area contributed by atoms with Gasteiger partial charge >= 0.3 is 6.09 Å². The summed E-state index contributed by atoms with van der Waals surface area (Å²) < 4.78 is 25.8. The summed E-state index contributed by atoms with van der Waals surface area (Å²) in [5.74, 6) is -0.412. The summed E-state index contributed by atoms with van der Waals surface area (Å²) in [5.41, 5.74) is 0.0717. The van der Waals surface area contributed by atoms with Crippen LogP contribution in [0, 0.1) is 5.82 Å². The van der Waals surface area contributed by atoms with Gasteiger partial charge in [-0.25, -0.2) is 9.18 Å². The van der Waals surface area contributed by atoms with E-state index in [2.05, 4.69) is 38.8 Å². The topological polar surface area (TPSA) is 51.7 Å². The lowest BCUT2D eigenvalue weighted by Gasteiger charge is -2.38. The van der Waals surface area contributed by atoms with Gasteiger partial charge in [-0.05, 0) is 57.0 Å². The molecule has 2 heterocycles. The molecule has 1 fully saturated rings. The minimum atomic E-state index is -1.99. The van der Waals surface area contributed by atoms with Gasteiger partial charge in [0.2, 0.25) is 0 Å². The third kappa shape index (κ3) is 5.51. The van der Waals surface area contributed by atoms with E-state index in [1.54, 1.807) is 11.1 Å². The van der Waals surface area contributed by atoms with Crippen LogP contribution in [0.15, 0.2) is 18.5 Å². The second-order valence-corrected chi connectivity index (χ2v) is 14.6. The van der Waals surface area contributed by atoms with Crippen molar-refractivity contribution < 1.29 is 18.3 Å². The van der Waals surface area contributed by atoms with Crippen molar-refractivity contribution in [2.45, 2.75) is 83.8 Å². The number of carbonyl (C=O) groups excluding carboxylic acids is 1. The van der Waals surface area contributed by atoms with Crippen LogP contribution in [0.5, 0.6) is 0 Å². The fourth-order valence-electron chi connectivity index (χ4n) is 2.93. The molecule has 1 amide bonds. The Balaban J connectivity index is 2.27. The minimum absolute atomic E-state index is 0.0717. The van der Waals surface area contributed by atoms with Crippen molar-refractivity contribution in [2.24, 2.45) is 0 Å². The summed E-state index contributed by atoms with van der Waals surface area (Å²) in [4.78, 5) is 18.4. The Morgan fingerprint density at radius 2 is 1.85 bits per heavy atom. The first-order valence-corrected chi connectivity index (χ1v) is 12.4. The molecule has 2 rings (SSSR count). The van der Waals surface area contributed by atoms with Gasteiger partial charge in [0.05, 0.1) is 18.3 Å². The third-order valence-corrected chi connectivity index (χ3v) is 9.80. The number of hydrogen-bond acceptors (Lipinski definition) is 4. The van der Waals surface area contributed by atoms with Crippen molar-refractivity contribution in [3.05, 3.63) is 29.8 Å². The molecule has 0 spiro atoms. The van der Waals surface area contributed by atoms with Crippen molar-refractivity contribution in [2.75, 3.05) is 6.54 Å². The van der Waals surface area contributed by atoms with Crippen molar-refractivity contribution >= 4 is 14.4 Å². The first-order chi connectivity index (χ1) is 12.2. The van der Waals surface area contributed by atoms with Crippen LogP contribution in [0.4, 0.5) is 9.18 Å². The maximum Gasteiger partial charge on any atom is 0.410 e. The van der Waals surface area contributed by atoms with E-state index in [4.69, 9.17) is 9.16 Å². The molecule has 7 heteroatoms. The summed E-state index contributed by atoms with van der Waals surface area (Å²) in [5, 5.41) is 0.0717. The molecule has 0 aromatic carbocycles. The highest BCUT2D eigenvalue weighted by molar-refractivity contribution is 6.74. The van der Waals surface area contributed by atoms with Crippen LogP contribution in [-0.4, -0.2) is 42.5 Å². The zero-order valence-corrected chi connectivity index (χ0v) is 18.8. The molecule has 1 aromatic heterocycles. The van der Waals surface area contributed by atoms with E-state index in [0.29, 0.717) is 18.5 Å². The van der Waals surface area contributed by atoms with E-state index in [1.807, 2.05) is 20.8 Å². The van der Waals surface area contributed by atoms with Gasteiger partial charge in [-0.1, -0.05) is 20.8 Å². The number of likely N-dealkylation sites (tertiary alicyclic amines) is 1. The summed E-state index contributed by atoms with van der Waals surface area (Å²) in [6, 6.07) is 1.13. The predicted molar refractivity (Wildman–Crippen MR) is 107 cm³/mol. The zero-order valence-electron chi connectivity index (χ0n) is 17.8. The molecule has 1 aliphatic heterocycles. The van der Waals surface area contributed by atoms with Crippen LogP contribution in [-0.2, 0) is 9.16 Å². The Morgan fingerprint density at radius 3 is 2.37 bits per heavy atom. The van der Waals surface area contributed by atoms with E-state index in [9.17, 15) is 9.18 Å². The monoisotopic (exact) mass is 396 g/mol. The maximum atomic E-state index is 13.7. The van der Waals surface area contributed by atoms with Gasteiger partial charge in [0.15, 0.2) is 8.32 Å². The number of amides is 1. The van der Waals surface area contributed by atoms with Crippen LogP contribution >= 0.6 is 0 Å². The lowest BCUT2D eigenvalue weighted by molar-refractivity contribution is 0.0208. The van der Waals surface area contributed by atoms with Gasteiger partial charge in [-0.2, -0.15) is 0 Å². The largest absolute Gasteiger partial charge is 0.444 e. The first-order valence-electron chi connectivity index (χ1n) is 9.47. The van der Waals surface area contributed by atoms with Crippen LogP contribution in [0.3, 0.4) is 0 Å². The number of aromatic nitrogens is 1.